The number of pyridine rings is 1. The Bertz CT molecular complexity index is 738. The van der Waals surface area contributed by atoms with Gasteiger partial charge in [0.25, 0.3) is 0 Å². The number of Topliss-reactive ketones (excluding diaryl/α,β-unsaturated/α-hetero) is 1. The zero-order valence-corrected chi connectivity index (χ0v) is 14.0. The van der Waals surface area contributed by atoms with Gasteiger partial charge in [-0.05, 0) is 48.9 Å². The van der Waals surface area contributed by atoms with Crippen molar-refractivity contribution < 1.29 is 9.59 Å². The van der Waals surface area contributed by atoms with Gasteiger partial charge in [-0.25, -0.2) is 0 Å². The Kier molecular flexibility index (Phi) is 5.04. The fraction of sp³-hybridized carbons (Fsp3) is 0.350. The van der Waals surface area contributed by atoms with Crippen LogP contribution in [-0.4, -0.2) is 28.1 Å². The van der Waals surface area contributed by atoms with Gasteiger partial charge in [-0.15, -0.1) is 0 Å². The van der Waals surface area contributed by atoms with Gasteiger partial charge in [0.2, 0.25) is 5.91 Å². The summed E-state index contributed by atoms with van der Waals surface area (Å²) in [6, 6.07) is 10.2. The number of aromatic nitrogens is 1. The number of rotatable bonds is 5. The largest absolute Gasteiger partial charge is 0.338 e. The summed E-state index contributed by atoms with van der Waals surface area (Å²) in [5.74, 6) is 0.295. The molecule has 0 spiro atoms. The van der Waals surface area contributed by atoms with E-state index in [1.807, 2.05) is 11.0 Å². The predicted molar refractivity (Wildman–Crippen MR) is 92.8 cm³/mol. The van der Waals surface area contributed by atoms with Gasteiger partial charge in [0.05, 0.1) is 0 Å². The summed E-state index contributed by atoms with van der Waals surface area (Å²) in [6.45, 7) is 3.11. The van der Waals surface area contributed by atoms with Crippen LogP contribution >= 0.6 is 0 Å². The standard InChI is InChI=1S/C20H22N2O2/c1-15(23)19-11-18(12-21-13-19)10-16-5-7-17(8-6-16)14-22-9-3-2-4-20(22)24/h5-8,11-13H,2-4,9-10,14H2,1H3. The van der Waals surface area contributed by atoms with Crippen molar-refractivity contribution in [3.63, 3.8) is 0 Å². The van der Waals surface area contributed by atoms with E-state index in [1.165, 1.54) is 5.56 Å². The SMILES string of the molecule is CC(=O)c1cncc(Cc2ccc(CN3CCCCC3=O)cc2)c1. The van der Waals surface area contributed by atoms with Crippen LogP contribution < -0.4 is 0 Å². The lowest BCUT2D eigenvalue weighted by Crippen LogP contribution is -2.34. The first kappa shape index (κ1) is 16.4. The molecule has 124 valence electrons. The molecule has 4 heteroatoms. The summed E-state index contributed by atoms with van der Waals surface area (Å²) in [5, 5.41) is 0. The van der Waals surface area contributed by atoms with E-state index in [1.54, 1.807) is 19.3 Å². The molecule has 1 fully saturated rings. The van der Waals surface area contributed by atoms with Crippen molar-refractivity contribution in [2.75, 3.05) is 6.54 Å². The topological polar surface area (TPSA) is 50.3 Å². The first-order valence-electron chi connectivity index (χ1n) is 8.42. The Labute approximate surface area is 142 Å². The van der Waals surface area contributed by atoms with Crippen molar-refractivity contribution in [2.24, 2.45) is 0 Å². The second-order valence-corrected chi connectivity index (χ2v) is 6.40. The molecule has 1 aromatic carbocycles. The second kappa shape index (κ2) is 7.39. The summed E-state index contributed by atoms with van der Waals surface area (Å²) in [6.07, 6.45) is 6.94. The average molecular weight is 322 g/mol. The van der Waals surface area contributed by atoms with Gasteiger partial charge in [-0.2, -0.15) is 0 Å². The summed E-state index contributed by atoms with van der Waals surface area (Å²) in [5.41, 5.74) is 4.00. The highest BCUT2D eigenvalue weighted by molar-refractivity contribution is 5.93. The van der Waals surface area contributed by atoms with E-state index >= 15 is 0 Å². The van der Waals surface area contributed by atoms with Crippen molar-refractivity contribution in [3.05, 3.63) is 65.0 Å². The number of piperidine rings is 1. The van der Waals surface area contributed by atoms with Gasteiger partial charge >= 0.3 is 0 Å². The molecule has 1 saturated heterocycles. The van der Waals surface area contributed by atoms with Gasteiger partial charge in [0.1, 0.15) is 0 Å². The number of carbonyl (C=O) groups is 2. The van der Waals surface area contributed by atoms with E-state index in [4.69, 9.17) is 0 Å². The molecule has 1 aliphatic heterocycles. The molecule has 0 aliphatic carbocycles. The van der Waals surface area contributed by atoms with E-state index in [2.05, 4.69) is 29.2 Å². The van der Waals surface area contributed by atoms with Gasteiger partial charge in [0.15, 0.2) is 5.78 Å². The lowest BCUT2D eigenvalue weighted by Gasteiger charge is -2.26. The van der Waals surface area contributed by atoms with Gasteiger partial charge in [0, 0.05) is 37.5 Å². The number of hydrogen-bond acceptors (Lipinski definition) is 3. The fourth-order valence-corrected chi connectivity index (χ4v) is 3.02. The van der Waals surface area contributed by atoms with Crippen molar-refractivity contribution in [2.45, 2.75) is 39.2 Å². The summed E-state index contributed by atoms with van der Waals surface area (Å²) >= 11 is 0. The maximum Gasteiger partial charge on any atom is 0.222 e. The molecule has 0 atom stereocenters. The molecule has 1 amide bonds. The lowest BCUT2D eigenvalue weighted by atomic mass is 10.0. The molecule has 0 bridgehead atoms. The number of carbonyl (C=O) groups excluding carboxylic acids is 2. The molecule has 24 heavy (non-hydrogen) atoms. The molecule has 2 aromatic rings. The molecule has 1 aliphatic rings. The molecule has 0 N–H and O–H groups in total. The minimum Gasteiger partial charge on any atom is -0.338 e. The zero-order valence-electron chi connectivity index (χ0n) is 14.0. The summed E-state index contributed by atoms with van der Waals surface area (Å²) < 4.78 is 0. The molecule has 0 unspecified atom stereocenters. The van der Waals surface area contributed by atoms with Crippen LogP contribution in [0.15, 0.2) is 42.7 Å². The van der Waals surface area contributed by atoms with Crippen molar-refractivity contribution in [3.8, 4) is 0 Å². The Balaban J connectivity index is 1.65. The van der Waals surface area contributed by atoms with Crippen molar-refractivity contribution in [1.29, 1.82) is 0 Å². The lowest BCUT2D eigenvalue weighted by molar-refractivity contribution is -0.133. The number of ketones is 1. The molecule has 2 heterocycles. The van der Waals surface area contributed by atoms with Crippen LogP contribution in [0.25, 0.3) is 0 Å². The molecule has 0 radical (unpaired) electrons. The second-order valence-electron chi connectivity index (χ2n) is 6.40. The van der Waals surface area contributed by atoms with E-state index in [0.717, 1.165) is 36.9 Å². The third-order valence-corrected chi connectivity index (χ3v) is 4.43. The van der Waals surface area contributed by atoms with E-state index in [0.29, 0.717) is 18.5 Å². The highest BCUT2D eigenvalue weighted by atomic mass is 16.2. The van der Waals surface area contributed by atoms with E-state index in [9.17, 15) is 9.59 Å². The van der Waals surface area contributed by atoms with Gasteiger partial charge < -0.3 is 4.90 Å². The Morgan fingerprint density at radius 2 is 1.83 bits per heavy atom. The summed E-state index contributed by atoms with van der Waals surface area (Å²) in [7, 11) is 0. The van der Waals surface area contributed by atoms with E-state index < -0.39 is 0 Å². The van der Waals surface area contributed by atoms with Gasteiger partial charge in [-0.1, -0.05) is 24.3 Å². The molecule has 4 nitrogen and oxygen atoms in total. The van der Waals surface area contributed by atoms with Crippen LogP contribution in [0, 0.1) is 0 Å². The third-order valence-electron chi connectivity index (χ3n) is 4.43. The maximum absolute atomic E-state index is 11.9. The number of likely N-dealkylation sites (tertiary alicyclic amines) is 1. The molecular weight excluding hydrogens is 300 g/mol. The average Bonchev–Trinajstić information content (AvgIpc) is 2.59. The predicted octanol–water partition coefficient (Wildman–Crippen LogP) is 3.39. The van der Waals surface area contributed by atoms with E-state index in [-0.39, 0.29) is 11.7 Å². The number of hydrogen-bond donors (Lipinski definition) is 0. The van der Waals surface area contributed by atoms with Crippen LogP contribution in [0.5, 0.6) is 0 Å². The van der Waals surface area contributed by atoms with Crippen LogP contribution in [0.1, 0.15) is 53.2 Å². The Morgan fingerprint density at radius 1 is 1.08 bits per heavy atom. The minimum atomic E-state index is 0.0332. The number of benzene rings is 1. The molecule has 3 rings (SSSR count). The molecule has 0 saturated carbocycles. The van der Waals surface area contributed by atoms with Crippen molar-refractivity contribution in [1.82, 2.24) is 9.88 Å². The van der Waals surface area contributed by atoms with Crippen LogP contribution in [-0.2, 0) is 17.8 Å². The molecular formula is C20H22N2O2. The Morgan fingerprint density at radius 3 is 2.54 bits per heavy atom. The van der Waals surface area contributed by atoms with Crippen LogP contribution in [0.2, 0.25) is 0 Å². The first-order valence-corrected chi connectivity index (χ1v) is 8.42. The maximum atomic E-state index is 11.9. The number of nitrogens with zero attached hydrogens (tertiary/aromatic N) is 2. The Hall–Kier alpha value is -2.49. The highest BCUT2D eigenvalue weighted by Gasteiger charge is 2.17. The minimum absolute atomic E-state index is 0.0332. The van der Waals surface area contributed by atoms with Crippen molar-refractivity contribution >= 4 is 11.7 Å². The van der Waals surface area contributed by atoms with Crippen LogP contribution in [0.4, 0.5) is 0 Å². The monoisotopic (exact) mass is 322 g/mol. The van der Waals surface area contributed by atoms with Gasteiger partial charge in [-0.3, -0.25) is 14.6 Å². The van der Waals surface area contributed by atoms with Crippen LogP contribution in [0.3, 0.4) is 0 Å². The third kappa shape index (κ3) is 4.07. The molecule has 1 aromatic heterocycles. The number of amides is 1. The fourth-order valence-electron chi connectivity index (χ4n) is 3.02. The first-order chi connectivity index (χ1) is 11.6. The highest BCUT2D eigenvalue weighted by Crippen LogP contribution is 2.16. The smallest absolute Gasteiger partial charge is 0.222 e. The summed E-state index contributed by atoms with van der Waals surface area (Å²) in [4.78, 5) is 29.4. The quantitative estimate of drug-likeness (QED) is 0.793. The zero-order chi connectivity index (χ0) is 16.9. The normalized spacial score (nSPS) is 14.7.